The van der Waals surface area contributed by atoms with Gasteiger partial charge in [-0.3, -0.25) is 4.68 Å². The minimum absolute atomic E-state index is 0.293. The van der Waals surface area contributed by atoms with Crippen LogP contribution < -0.4 is 4.90 Å². The van der Waals surface area contributed by atoms with Crippen molar-refractivity contribution in [1.29, 1.82) is 0 Å². The third kappa shape index (κ3) is 2.08. The van der Waals surface area contributed by atoms with Gasteiger partial charge in [0.25, 0.3) is 0 Å². The van der Waals surface area contributed by atoms with Crippen LogP contribution in [0.5, 0.6) is 0 Å². The molecule has 0 aliphatic carbocycles. The third-order valence-electron chi connectivity index (χ3n) is 4.45. The Morgan fingerprint density at radius 2 is 2.04 bits per heavy atom. The third-order valence-corrected chi connectivity index (χ3v) is 4.45. The molecule has 118 valence electrons. The number of nitrogens with zero attached hydrogens (tertiary/aromatic N) is 5. The van der Waals surface area contributed by atoms with E-state index in [-0.39, 0.29) is 5.82 Å². The molecular formula is C16H16FN5O. The predicted molar refractivity (Wildman–Crippen MR) is 83.6 cm³/mol. The minimum Gasteiger partial charge on any atom is -0.368 e. The lowest BCUT2D eigenvalue weighted by atomic mass is 9.89. The lowest BCUT2D eigenvalue weighted by Gasteiger charge is -2.49. The van der Waals surface area contributed by atoms with Crippen LogP contribution in [0, 0.1) is 5.82 Å². The van der Waals surface area contributed by atoms with Gasteiger partial charge in [-0.2, -0.15) is 5.10 Å². The lowest BCUT2D eigenvalue weighted by Crippen LogP contribution is -2.61. The van der Waals surface area contributed by atoms with E-state index in [2.05, 4.69) is 20.0 Å². The van der Waals surface area contributed by atoms with Crippen molar-refractivity contribution in [2.45, 2.75) is 5.60 Å². The Kier molecular flexibility index (Phi) is 3.05. The Morgan fingerprint density at radius 1 is 1.22 bits per heavy atom. The molecule has 0 amide bonds. The zero-order chi connectivity index (χ0) is 16.0. The highest BCUT2D eigenvalue weighted by Gasteiger charge is 2.47. The Morgan fingerprint density at radius 3 is 2.74 bits per heavy atom. The highest BCUT2D eigenvalue weighted by Crippen LogP contribution is 2.39. The number of halogens is 1. The zero-order valence-electron chi connectivity index (χ0n) is 12.9. The number of fused-ring (bicyclic) bond motifs is 1. The van der Waals surface area contributed by atoms with Gasteiger partial charge < -0.3 is 9.64 Å². The van der Waals surface area contributed by atoms with Gasteiger partial charge in [-0.25, -0.2) is 14.4 Å². The highest BCUT2D eigenvalue weighted by molar-refractivity contribution is 5.89. The molecular weight excluding hydrogens is 297 g/mol. The topological polar surface area (TPSA) is 56.1 Å². The second-order valence-electron chi connectivity index (χ2n) is 5.75. The number of rotatable bonds is 3. The van der Waals surface area contributed by atoms with E-state index < -0.39 is 5.60 Å². The van der Waals surface area contributed by atoms with Gasteiger partial charge in [-0.15, -0.1) is 0 Å². The normalized spacial score (nSPS) is 16.6. The SMILES string of the molecule is COC1(c2ccnn2C)CN(c2ncnc3ccc(F)cc23)C1. The second-order valence-corrected chi connectivity index (χ2v) is 5.75. The summed E-state index contributed by atoms with van der Waals surface area (Å²) in [6.07, 6.45) is 3.26. The van der Waals surface area contributed by atoms with Gasteiger partial charge in [0, 0.05) is 25.7 Å². The lowest BCUT2D eigenvalue weighted by molar-refractivity contribution is -0.0446. The molecule has 1 aliphatic rings. The fraction of sp³-hybridized carbons (Fsp3) is 0.312. The molecule has 4 rings (SSSR count). The van der Waals surface area contributed by atoms with E-state index in [1.165, 1.54) is 18.5 Å². The van der Waals surface area contributed by atoms with Crippen molar-refractivity contribution in [2.24, 2.45) is 7.05 Å². The van der Waals surface area contributed by atoms with Crippen LogP contribution in [-0.4, -0.2) is 39.9 Å². The van der Waals surface area contributed by atoms with Gasteiger partial charge in [0.2, 0.25) is 0 Å². The molecule has 6 nitrogen and oxygen atoms in total. The van der Waals surface area contributed by atoms with Crippen molar-refractivity contribution >= 4 is 16.7 Å². The second kappa shape index (κ2) is 4.99. The van der Waals surface area contributed by atoms with Gasteiger partial charge >= 0.3 is 0 Å². The summed E-state index contributed by atoms with van der Waals surface area (Å²) < 4.78 is 21.2. The van der Waals surface area contributed by atoms with Crippen LogP contribution in [0.3, 0.4) is 0 Å². The van der Waals surface area contributed by atoms with Crippen LogP contribution in [-0.2, 0) is 17.4 Å². The van der Waals surface area contributed by atoms with Gasteiger partial charge in [0.05, 0.1) is 24.3 Å². The van der Waals surface area contributed by atoms with E-state index in [0.29, 0.717) is 18.5 Å². The largest absolute Gasteiger partial charge is 0.368 e. The van der Waals surface area contributed by atoms with Crippen LogP contribution in [0.25, 0.3) is 10.9 Å². The van der Waals surface area contributed by atoms with Gasteiger partial charge in [-0.1, -0.05) is 0 Å². The maximum Gasteiger partial charge on any atom is 0.144 e. The van der Waals surface area contributed by atoms with E-state index >= 15 is 0 Å². The standard InChI is InChI=1S/C16H16FN5O/c1-21-14(5-6-20-21)16(23-2)8-22(9-16)15-12-7-11(17)3-4-13(12)18-10-19-15/h3-7,10H,8-9H2,1-2H3. The van der Waals surface area contributed by atoms with E-state index in [9.17, 15) is 4.39 Å². The maximum absolute atomic E-state index is 13.6. The number of methoxy groups -OCH3 is 1. The van der Waals surface area contributed by atoms with E-state index in [4.69, 9.17) is 4.74 Å². The predicted octanol–water partition coefficient (Wildman–Crippen LogP) is 1.86. The van der Waals surface area contributed by atoms with Crippen molar-refractivity contribution in [3.63, 3.8) is 0 Å². The maximum atomic E-state index is 13.6. The average Bonchev–Trinajstić information content (AvgIpc) is 2.94. The number of anilines is 1. The molecule has 0 saturated carbocycles. The molecule has 0 radical (unpaired) electrons. The van der Waals surface area contributed by atoms with E-state index in [0.717, 1.165) is 17.0 Å². The molecule has 1 saturated heterocycles. The summed E-state index contributed by atoms with van der Waals surface area (Å²) in [6, 6.07) is 6.50. The van der Waals surface area contributed by atoms with E-state index in [1.54, 1.807) is 19.4 Å². The molecule has 23 heavy (non-hydrogen) atoms. The molecule has 1 fully saturated rings. The van der Waals surface area contributed by atoms with Gasteiger partial charge in [-0.05, 0) is 24.3 Å². The molecule has 3 heterocycles. The fourth-order valence-corrected chi connectivity index (χ4v) is 3.20. The first kappa shape index (κ1) is 14.1. The van der Waals surface area contributed by atoms with Crippen LogP contribution >= 0.6 is 0 Å². The molecule has 0 spiro atoms. The first-order valence-electron chi connectivity index (χ1n) is 7.32. The number of hydrogen-bond donors (Lipinski definition) is 0. The zero-order valence-corrected chi connectivity index (χ0v) is 12.9. The summed E-state index contributed by atoms with van der Waals surface area (Å²) in [5.41, 5.74) is 1.32. The number of benzene rings is 1. The Labute approximate surface area is 132 Å². The Balaban J connectivity index is 1.70. The smallest absolute Gasteiger partial charge is 0.144 e. The summed E-state index contributed by atoms with van der Waals surface area (Å²) in [5.74, 6) is 0.433. The summed E-state index contributed by atoms with van der Waals surface area (Å²) >= 11 is 0. The number of aromatic nitrogens is 4. The fourth-order valence-electron chi connectivity index (χ4n) is 3.20. The first-order chi connectivity index (χ1) is 11.1. The van der Waals surface area contributed by atoms with Gasteiger partial charge in [0.15, 0.2) is 0 Å². The summed E-state index contributed by atoms with van der Waals surface area (Å²) in [4.78, 5) is 10.6. The molecule has 0 unspecified atom stereocenters. The van der Waals surface area contributed by atoms with Crippen LogP contribution in [0.1, 0.15) is 5.69 Å². The Hall–Kier alpha value is -2.54. The molecule has 7 heteroatoms. The molecule has 3 aromatic rings. The van der Waals surface area contributed by atoms with Crippen LogP contribution in [0.2, 0.25) is 0 Å². The molecule has 0 N–H and O–H groups in total. The molecule has 0 atom stereocenters. The molecule has 0 bridgehead atoms. The van der Waals surface area contributed by atoms with Crippen molar-refractivity contribution in [3.05, 3.63) is 48.3 Å². The summed E-state index contributed by atoms with van der Waals surface area (Å²) in [7, 11) is 3.59. The van der Waals surface area contributed by atoms with Gasteiger partial charge in [0.1, 0.15) is 23.6 Å². The van der Waals surface area contributed by atoms with Crippen molar-refractivity contribution < 1.29 is 9.13 Å². The molecule has 1 aliphatic heterocycles. The summed E-state index contributed by atoms with van der Waals surface area (Å²) in [6.45, 7) is 1.26. The minimum atomic E-state index is -0.421. The Bertz CT molecular complexity index is 872. The average molecular weight is 313 g/mol. The number of ether oxygens (including phenoxy) is 1. The molecule has 1 aromatic carbocycles. The quantitative estimate of drug-likeness (QED) is 0.739. The van der Waals surface area contributed by atoms with Crippen molar-refractivity contribution in [1.82, 2.24) is 19.7 Å². The van der Waals surface area contributed by atoms with Crippen LogP contribution in [0.4, 0.5) is 10.2 Å². The highest BCUT2D eigenvalue weighted by atomic mass is 19.1. The summed E-state index contributed by atoms with van der Waals surface area (Å²) in [5, 5.41) is 4.93. The van der Waals surface area contributed by atoms with Crippen molar-refractivity contribution in [2.75, 3.05) is 25.1 Å². The number of aryl methyl sites for hydroxylation is 1. The monoisotopic (exact) mass is 313 g/mol. The number of hydrogen-bond acceptors (Lipinski definition) is 5. The molecule has 2 aromatic heterocycles. The van der Waals surface area contributed by atoms with Crippen LogP contribution in [0.15, 0.2) is 36.8 Å². The van der Waals surface area contributed by atoms with Crippen molar-refractivity contribution in [3.8, 4) is 0 Å². The first-order valence-corrected chi connectivity index (χ1v) is 7.32. The van der Waals surface area contributed by atoms with E-state index in [1.807, 2.05) is 17.8 Å².